The molecule has 3 N–H and O–H groups in total. The molecule has 0 bridgehead atoms. The Morgan fingerprint density at radius 2 is 1.35 bits per heavy atom. The van der Waals surface area contributed by atoms with Crippen LogP contribution in [0.25, 0.3) is 0 Å². The normalized spacial score (nSPS) is 12.0. The molecule has 26 heavy (non-hydrogen) atoms. The molecule has 3 aromatic carbocycles. The molecule has 0 aromatic heterocycles. The van der Waals surface area contributed by atoms with Crippen LogP contribution >= 0.6 is 0 Å². The van der Waals surface area contributed by atoms with Gasteiger partial charge in [-0.3, -0.25) is 9.59 Å². The number of para-hydroxylation sites is 1. The third kappa shape index (κ3) is 2.93. The number of ketones is 2. The molecule has 0 atom stereocenters. The number of rotatable bonds is 2. The van der Waals surface area contributed by atoms with Crippen LogP contribution in [0.4, 0.5) is 17.1 Å². The maximum absolute atomic E-state index is 13.0. The monoisotopic (exact) mass is 368 g/mol. The largest absolute Gasteiger partial charge is 1.00 e. The summed E-state index contributed by atoms with van der Waals surface area (Å²) >= 11 is 5.30. The van der Waals surface area contributed by atoms with Crippen LogP contribution in [0.15, 0.2) is 65.6 Å². The van der Waals surface area contributed by atoms with Gasteiger partial charge in [0.1, 0.15) is 0 Å². The molecule has 1 aliphatic carbocycles. The Balaban J connectivity index is 0.00000196. The molecule has 4 rings (SSSR count). The first-order chi connectivity index (χ1) is 12.1. The van der Waals surface area contributed by atoms with Gasteiger partial charge in [-0.2, -0.15) is 0 Å². The van der Waals surface area contributed by atoms with Crippen molar-refractivity contribution in [2.45, 2.75) is 4.90 Å². The van der Waals surface area contributed by atoms with Crippen LogP contribution in [0, 0.1) is 0 Å². The van der Waals surface area contributed by atoms with Crippen molar-refractivity contribution >= 4 is 41.3 Å². The number of carbonyl (C=O) groups is 2. The molecule has 0 heterocycles. The molecule has 6 heteroatoms. The fraction of sp³-hybridized carbons (Fsp3) is 0. The standard InChI is InChI=1S/C20H14N2O2S.Na/c21-18-15(25)10-14(22-11-6-2-1-3-7-11)16-17(18)20(24)13-9-5-4-8-12(13)19(16)23;/h1-10,22,25H,21H2;/q;+1/p-1. The van der Waals surface area contributed by atoms with Crippen molar-refractivity contribution in [3.05, 3.63) is 82.9 Å². The fourth-order valence-electron chi connectivity index (χ4n) is 3.07. The van der Waals surface area contributed by atoms with Crippen LogP contribution in [0.2, 0.25) is 0 Å². The van der Waals surface area contributed by atoms with Gasteiger partial charge in [-0.1, -0.05) is 48.5 Å². The van der Waals surface area contributed by atoms with Gasteiger partial charge in [-0.25, -0.2) is 0 Å². The quantitative estimate of drug-likeness (QED) is 0.310. The van der Waals surface area contributed by atoms with Crippen LogP contribution < -0.4 is 40.6 Å². The van der Waals surface area contributed by atoms with E-state index in [-0.39, 0.29) is 57.9 Å². The minimum absolute atomic E-state index is 0. The molecule has 4 nitrogen and oxygen atoms in total. The zero-order chi connectivity index (χ0) is 17.6. The molecule has 0 spiro atoms. The summed E-state index contributed by atoms with van der Waals surface area (Å²) < 4.78 is 0. The van der Waals surface area contributed by atoms with Crippen molar-refractivity contribution in [3.8, 4) is 0 Å². The van der Waals surface area contributed by atoms with Crippen molar-refractivity contribution in [1.82, 2.24) is 0 Å². The molecule has 0 unspecified atom stereocenters. The minimum Gasteiger partial charge on any atom is -0.778 e. The molecule has 0 saturated carbocycles. The molecule has 122 valence electrons. The summed E-state index contributed by atoms with van der Waals surface area (Å²) in [5.74, 6) is -0.504. The number of anilines is 3. The third-order valence-corrected chi connectivity index (χ3v) is 4.59. The van der Waals surface area contributed by atoms with Gasteiger partial charge in [0.15, 0.2) is 11.6 Å². The summed E-state index contributed by atoms with van der Waals surface area (Å²) in [7, 11) is 0. The van der Waals surface area contributed by atoms with Crippen LogP contribution in [-0.2, 0) is 12.6 Å². The first kappa shape index (κ1) is 18.6. The van der Waals surface area contributed by atoms with Crippen molar-refractivity contribution in [2.24, 2.45) is 0 Å². The van der Waals surface area contributed by atoms with E-state index in [1.54, 1.807) is 30.3 Å². The predicted molar refractivity (Wildman–Crippen MR) is 99.5 cm³/mol. The van der Waals surface area contributed by atoms with Crippen LogP contribution in [0.1, 0.15) is 31.8 Å². The smallest absolute Gasteiger partial charge is 0.778 e. The van der Waals surface area contributed by atoms with E-state index in [1.807, 2.05) is 30.3 Å². The predicted octanol–water partition coefficient (Wildman–Crippen LogP) is 0.698. The van der Waals surface area contributed by atoms with Crippen molar-refractivity contribution in [3.63, 3.8) is 0 Å². The maximum Gasteiger partial charge on any atom is 1.00 e. The summed E-state index contributed by atoms with van der Waals surface area (Å²) in [6, 6.07) is 17.8. The van der Waals surface area contributed by atoms with Gasteiger partial charge < -0.3 is 23.7 Å². The SMILES string of the molecule is Nc1c([S-])cc(Nc2ccccc2)c2c1C(=O)c1ccccc1C2=O.[Na+]. The van der Waals surface area contributed by atoms with E-state index >= 15 is 0 Å². The van der Waals surface area contributed by atoms with Gasteiger partial charge in [-0.15, -0.1) is 4.90 Å². The number of fused-ring (bicyclic) bond motifs is 2. The molecule has 0 radical (unpaired) electrons. The van der Waals surface area contributed by atoms with Gasteiger partial charge in [0.05, 0.1) is 11.1 Å². The van der Waals surface area contributed by atoms with Crippen molar-refractivity contribution in [1.29, 1.82) is 0 Å². The topological polar surface area (TPSA) is 72.2 Å². The molecule has 3 aromatic rings. The summed E-state index contributed by atoms with van der Waals surface area (Å²) in [6.45, 7) is 0. The average Bonchev–Trinajstić information content (AvgIpc) is 2.63. The van der Waals surface area contributed by atoms with E-state index in [9.17, 15) is 9.59 Å². The zero-order valence-corrected chi connectivity index (χ0v) is 16.9. The average molecular weight is 368 g/mol. The second-order valence-corrected chi connectivity index (χ2v) is 6.22. The molecule has 0 amide bonds. The van der Waals surface area contributed by atoms with Gasteiger partial charge in [0.2, 0.25) is 0 Å². The Morgan fingerprint density at radius 1 is 0.808 bits per heavy atom. The third-order valence-electron chi connectivity index (χ3n) is 4.25. The van der Waals surface area contributed by atoms with Gasteiger partial charge in [-0.05, 0) is 12.1 Å². The summed E-state index contributed by atoms with van der Waals surface area (Å²) in [6.07, 6.45) is 0. The summed E-state index contributed by atoms with van der Waals surface area (Å²) in [5, 5.41) is 3.19. The Kier molecular flexibility index (Phi) is 5.16. The number of nitrogens with one attached hydrogen (secondary N) is 1. The van der Waals surface area contributed by atoms with E-state index in [0.717, 1.165) is 5.69 Å². The van der Waals surface area contributed by atoms with E-state index in [1.165, 1.54) is 0 Å². The van der Waals surface area contributed by atoms with Crippen molar-refractivity contribution < 1.29 is 39.1 Å². The Labute approximate surface area is 178 Å². The minimum atomic E-state index is -0.273. The van der Waals surface area contributed by atoms with Crippen LogP contribution in [0.3, 0.4) is 0 Å². The van der Waals surface area contributed by atoms with E-state index in [2.05, 4.69) is 5.32 Å². The van der Waals surface area contributed by atoms with Crippen LogP contribution in [-0.4, -0.2) is 11.6 Å². The van der Waals surface area contributed by atoms with Gasteiger partial charge in [0, 0.05) is 28.2 Å². The number of benzene rings is 3. The number of hydrogen-bond acceptors (Lipinski definition) is 5. The molecule has 0 saturated heterocycles. The van der Waals surface area contributed by atoms with Gasteiger partial charge >= 0.3 is 29.6 Å². The molecular formula is C20H13N2NaO2S. The zero-order valence-electron chi connectivity index (χ0n) is 14.1. The number of carbonyl (C=O) groups excluding carboxylic acids is 2. The van der Waals surface area contributed by atoms with E-state index in [4.69, 9.17) is 18.4 Å². The Morgan fingerprint density at radius 3 is 1.96 bits per heavy atom. The number of nitrogen functional groups attached to an aromatic ring is 1. The summed E-state index contributed by atoms with van der Waals surface area (Å²) in [5.41, 5.74) is 8.74. The molecule has 0 fully saturated rings. The van der Waals surface area contributed by atoms with E-state index in [0.29, 0.717) is 21.7 Å². The fourth-order valence-corrected chi connectivity index (χ4v) is 3.29. The maximum atomic E-state index is 13.0. The van der Waals surface area contributed by atoms with Gasteiger partial charge in [0.25, 0.3) is 0 Å². The van der Waals surface area contributed by atoms with E-state index < -0.39 is 0 Å². The van der Waals surface area contributed by atoms with Crippen molar-refractivity contribution in [2.75, 3.05) is 11.1 Å². The first-order valence-corrected chi connectivity index (χ1v) is 8.12. The Hall–Kier alpha value is -2.18. The first-order valence-electron chi connectivity index (χ1n) is 7.72. The molecule has 1 aliphatic rings. The second-order valence-electron chi connectivity index (χ2n) is 5.78. The van der Waals surface area contributed by atoms with Crippen LogP contribution in [0.5, 0.6) is 0 Å². The second kappa shape index (κ2) is 7.21. The molecular weight excluding hydrogens is 355 g/mol. The number of nitrogens with two attached hydrogens (primary N) is 1. The number of hydrogen-bond donors (Lipinski definition) is 2. The Bertz CT molecular complexity index is 1040. The molecule has 0 aliphatic heterocycles. The summed E-state index contributed by atoms with van der Waals surface area (Å²) in [4.78, 5) is 26.3.